The molecule has 0 aliphatic rings. The molecule has 0 atom stereocenters. The SMILES string of the molecule is CCCC(C)(C)NCCOc1ccc(/C(N)=N/O)cc1. The Balaban J connectivity index is 2.36. The number of hydrogen-bond acceptors (Lipinski definition) is 4. The Bertz CT molecular complexity index is 427. The van der Waals surface area contributed by atoms with Crippen LogP contribution >= 0.6 is 0 Å². The summed E-state index contributed by atoms with van der Waals surface area (Å²) in [6.07, 6.45) is 2.30. The minimum absolute atomic E-state index is 0.0968. The van der Waals surface area contributed by atoms with Gasteiger partial charge in [0.1, 0.15) is 12.4 Å². The second kappa shape index (κ2) is 7.75. The van der Waals surface area contributed by atoms with Gasteiger partial charge in [-0.05, 0) is 44.5 Å². The third-order valence-electron chi connectivity index (χ3n) is 3.11. The maximum absolute atomic E-state index is 8.57. The van der Waals surface area contributed by atoms with Gasteiger partial charge in [-0.1, -0.05) is 18.5 Å². The highest BCUT2D eigenvalue weighted by Gasteiger charge is 2.14. The number of amidine groups is 1. The first-order chi connectivity index (χ1) is 9.48. The Morgan fingerprint density at radius 1 is 1.35 bits per heavy atom. The highest BCUT2D eigenvalue weighted by Crippen LogP contribution is 2.13. The number of ether oxygens (including phenoxy) is 1. The number of nitrogens with two attached hydrogens (primary N) is 1. The molecule has 0 aromatic heterocycles. The summed E-state index contributed by atoms with van der Waals surface area (Å²) >= 11 is 0. The lowest BCUT2D eigenvalue weighted by Crippen LogP contribution is -2.41. The number of nitrogens with zero attached hydrogens (tertiary/aromatic N) is 1. The Morgan fingerprint density at radius 2 is 2.00 bits per heavy atom. The van der Waals surface area contributed by atoms with Gasteiger partial charge in [0.15, 0.2) is 5.84 Å². The van der Waals surface area contributed by atoms with Crippen LogP contribution in [-0.4, -0.2) is 29.7 Å². The van der Waals surface area contributed by atoms with Crippen molar-refractivity contribution in [1.82, 2.24) is 5.32 Å². The molecule has 112 valence electrons. The van der Waals surface area contributed by atoms with Crippen molar-refractivity contribution in [3.05, 3.63) is 29.8 Å². The van der Waals surface area contributed by atoms with Gasteiger partial charge in [0.25, 0.3) is 0 Å². The molecule has 0 radical (unpaired) electrons. The number of nitrogens with one attached hydrogen (secondary N) is 1. The van der Waals surface area contributed by atoms with Crippen molar-refractivity contribution >= 4 is 5.84 Å². The molecule has 0 spiro atoms. The number of benzene rings is 1. The molecule has 0 fully saturated rings. The molecule has 0 saturated heterocycles. The van der Waals surface area contributed by atoms with Gasteiger partial charge in [-0.2, -0.15) is 0 Å². The predicted molar refractivity (Wildman–Crippen MR) is 81.4 cm³/mol. The van der Waals surface area contributed by atoms with E-state index in [1.807, 2.05) is 12.1 Å². The molecule has 0 saturated carbocycles. The van der Waals surface area contributed by atoms with Crippen molar-refractivity contribution in [2.75, 3.05) is 13.2 Å². The van der Waals surface area contributed by atoms with Crippen molar-refractivity contribution in [1.29, 1.82) is 0 Å². The van der Waals surface area contributed by atoms with Crippen molar-refractivity contribution < 1.29 is 9.94 Å². The lowest BCUT2D eigenvalue weighted by atomic mass is 9.99. The van der Waals surface area contributed by atoms with E-state index >= 15 is 0 Å². The second-order valence-corrected chi connectivity index (χ2v) is 5.42. The molecule has 0 amide bonds. The summed E-state index contributed by atoms with van der Waals surface area (Å²) in [6, 6.07) is 7.15. The van der Waals surface area contributed by atoms with Gasteiger partial charge in [0.05, 0.1) is 0 Å². The van der Waals surface area contributed by atoms with Crippen LogP contribution in [0.2, 0.25) is 0 Å². The predicted octanol–water partition coefficient (Wildman–Crippen LogP) is 2.33. The highest BCUT2D eigenvalue weighted by molar-refractivity contribution is 5.97. The van der Waals surface area contributed by atoms with Gasteiger partial charge >= 0.3 is 0 Å². The van der Waals surface area contributed by atoms with E-state index in [4.69, 9.17) is 15.7 Å². The van der Waals surface area contributed by atoms with E-state index in [0.717, 1.165) is 25.1 Å². The van der Waals surface area contributed by atoms with Gasteiger partial charge in [-0.15, -0.1) is 0 Å². The fraction of sp³-hybridized carbons (Fsp3) is 0.533. The molecule has 5 nitrogen and oxygen atoms in total. The van der Waals surface area contributed by atoms with Crippen LogP contribution in [0, 0.1) is 0 Å². The standard InChI is InChI=1S/C15H25N3O2/c1-4-9-15(2,3)17-10-11-20-13-7-5-12(6-8-13)14(16)18-19/h5-8,17,19H,4,9-11H2,1-3H3,(H2,16,18). The molecular formula is C15H25N3O2. The Morgan fingerprint density at radius 3 is 2.55 bits per heavy atom. The molecule has 4 N–H and O–H groups in total. The molecule has 1 aromatic rings. The molecule has 0 unspecified atom stereocenters. The topological polar surface area (TPSA) is 79.9 Å². The van der Waals surface area contributed by atoms with Crippen molar-refractivity contribution in [3.8, 4) is 5.75 Å². The smallest absolute Gasteiger partial charge is 0.170 e. The first-order valence-electron chi connectivity index (χ1n) is 6.94. The summed E-state index contributed by atoms with van der Waals surface area (Å²) in [5.74, 6) is 0.870. The Labute approximate surface area is 120 Å². The highest BCUT2D eigenvalue weighted by atomic mass is 16.5. The maximum Gasteiger partial charge on any atom is 0.170 e. The van der Waals surface area contributed by atoms with Gasteiger partial charge in [-0.25, -0.2) is 0 Å². The second-order valence-electron chi connectivity index (χ2n) is 5.42. The largest absolute Gasteiger partial charge is 0.492 e. The maximum atomic E-state index is 8.57. The van der Waals surface area contributed by atoms with Gasteiger partial charge in [0, 0.05) is 17.6 Å². The lowest BCUT2D eigenvalue weighted by molar-refractivity contribution is 0.276. The van der Waals surface area contributed by atoms with Crippen LogP contribution in [0.5, 0.6) is 5.75 Å². The van der Waals surface area contributed by atoms with E-state index < -0.39 is 0 Å². The monoisotopic (exact) mass is 279 g/mol. The third-order valence-corrected chi connectivity index (χ3v) is 3.11. The van der Waals surface area contributed by atoms with Gasteiger partial charge in [-0.3, -0.25) is 0 Å². The summed E-state index contributed by atoms with van der Waals surface area (Å²) in [6.45, 7) is 7.98. The van der Waals surface area contributed by atoms with Crippen LogP contribution in [-0.2, 0) is 0 Å². The summed E-state index contributed by atoms with van der Waals surface area (Å²) in [5, 5.41) is 15.0. The molecule has 0 aliphatic carbocycles. The first-order valence-corrected chi connectivity index (χ1v) is 6.94. The zero-order valence-corrected chi connectivity index (χ0v) is 12.5. The lowest BCUT2D eigenvalue weighted by Gasteiger charge is -2.25. The van der Waals surface area contributed by atoms with Gasteiger partial charge in [0.2, 0.25) is 0 Å². The molecule has 0 heterocycles. The average molecular weight is 279 g/mol. The molecule has 0 bridgehead atoms. The quantitative estimate of drug-likeness (QED) is 0.224. The summed E-state index contributed by atoms with van der Waals surface area (Å²) < 4.78 is 5.64. The third kappa shape index (κ3) is 5.48. The van der Waals surface area contributed by atoms with E-state index in [2.05, 4.69) is 31.2 Å². The van der Waals surface area contributed by atoms with Crippen LogP contribution in [0.25, 0.3) is 0 Å². The van der Waals surface area contributed by atoms with E-state index in [9.17, 15) is 0 Å². The first kappa shape index (κ1) is 16.3. The van der Waals surface area contributed by atoms with Crippen LogP contribution in [0.15, 0.2) is 29.4 Å². The summed E-state index contributed by atoms with van der Waals surface area (Å²) in [5.41, 5.74) is 6.31. The zero-order chi connectivity index (χ0) is 15.0. The molecule has 5 heteroatoms. The summed E-state index contributed by atoms with van der Waals surface area (Å²) in [4.78, 5) is 0. The summed E-state index contributed by atoms with van der Waals surface area (Å²) in [7, 11) is 0. The minimum Gasteiger partial charge on any atom is -0.492 e. The van der Waals surface area contributed by atoms with E-state index in [0.29, 0.717) is 12.2 Å². The van der Waals surface area contributed by atoms with E-state index in [1.165, 1.54) is 0 Å². The molecule has 1 aromatic carbocycles. The van der Waals surface area contributed by atoms with Crippen LogP contribution in [0.4, 0.5) is 0 Å². The van der Waals surface area contributed by atoms with Crippen LogP contribution < -0.4 is 15.8 Å². The fourth-order valence-electron chi connectivity index (χ4n) is 2.05. The van der Waals surface area contributed by atoms with Crippen LogP contribution in [0.1, 0.15) is 39.2 Å². The molecule has 20 heavy (non-hydrogen) atoms. The molecular weight excluding hydrogens is 254 g/mol. The van der Waals surface area contributed by atoms with E-state index in [-0.39, 0.29) is 11.4 Å². The average Bonchev–Trinajstić information content (AvgIpc) is 2.43. The zero-order valence-electron chi connectivity index (χ0n) is 12.5. The van der Waals surface area contributed by atoms with Crippen LogP contribution in [0.3, 0.4) is 0 Å². The minimum atomic E-state index is 0.0968. The van der Waals surface area contributed by atoms with Gasteiger partial charge < -0.3 is 21.0 Å². The van der Waals surface area contributed by atoms with Crippen molar-refractivity contribution in [2.45, 2.75) is 39.2 Å². The van der Waals surface area contributed by atoms with E-state index in [1.54, 1.807) is 12.1 Å². The Kier molecular flexibility index (Phi) is 6.31. The number of oxime groups is 1. The Hall–Kier alpha value is -1.75. The fourth-order valence-corrected chi connectivity index (χ4v) is 2.05. The number of hydrogen-bond donors (Lipinski definition) is 3. The number of rotatable bonds is 8. The normalized spacial score (nSPS) is 12.4. The molecule has 1 rings (SSSR count). The molecule has 0 aliphatic heterocycles. The van der Waals surface area contributed by atoms with Crippen molar-refractivity contribution in [3.63, 3.8) is 0 Å². The van der Waals surface area contributed by atoms with Crippen molar-refractivity contribution in [2.24, 2.45) is 10.9 Å².